The smallest absolute Gasteiger partial charge is 0.338 e. The number of thiocarbonyl (C=S) groups is 1. The van der Waals surface area contributed by atoms with E-state index in [1.807, 2.05) is 60.2 Å². The average Bonchev–Trinajstić information content (AvgIpc) is 3.43. The van der Waals surface area contributed by atoms with Crippen molar-refractivity contribution in [1.82, 2.24) is 14.7 Å². The van der Waals surface area contributed by atoms with Crippen molar-refractivity contribution in [3.63, 3.8) is 0 Å². The zero-order valence-corrected chi connectivity index (χ0v) is 26.2. The van der Waals surface area contributed by atoms with Gasteiger partial charge in [-0.2, -0.15) is 0 Å². The summed E-state index contributed by atoms with van der Waals surface area (Å²) in [6, 6.07) is 13.2. The summed E-state index contributed by atoms with van der Waals surface area (Å²) in [4.78, 5) is 47.0. The molecule has 2 aromatic carbocycles. The monoisotopic (exact) mass is 609 g/mol. The molecule has 0 spiro atoms. The van der Waals surface area contributed by atoms with Gasteiger partial charge in [0.25, 0.3) is 5.91 Å². The van der Waals surface area contributed by atoms with E-state index in [1.54, 1.807) is 28.8 Å². The predicted octanol–water partition coefficient (Wildman–Crippen LogP) is 5.20. The van der Waals surface area contributed by atoms with Gasteiger partial charge in [0, 0.05) is 48.9 Å². The lowest BCUT2D eigenvalue weighted by molar-refractivity contribution is -0.123. The Kier molecular flexibility index (Phi) is 9.39. The summed E-state index contributed by atoms with van der Waals surface area (Å²) in [6.45, 7) is 9.03. The molecule has 0 atom stereocenters. The molecule has 2 saturated heterocycles. The number of piperazine rings is 1. The minimum Gasteiger partial charge on any atom is -0.457 e. The van der Waals surface area contributed by atoms with Crippen LogP contribution in [0.15, 0.2) is 47.4 Å². The fourth-order valence-corrected chi connectivity index (χ4v) is 6.70. The lowest BCUT2D eigenvalue weighted by Crippen LogP contribution is -2.50. The van der Waals surface area contributed by atoms with Crippen LogP contribution in [0, 0.1) is 0 Å². The van der Waals surface area contributed by atoms with E-state index in [2.05, 4.69) is 10.2 Å². The van der Waals surface area contributed by atoms with Crippen molar-refractivity contribution in [3.8, 4) is 0 Å². The first-order valence-corrected chi connectivity index (χ1v) is 16.2. The first kappa shape index (κ1) is 30.3. The van der Waals surface area contributed by atoms with Gasteiger partial charge in [-0.15, -0.1) is 11.8 Å². The number of unbranched alkanes of at least 4 members (excludes halogenated alkanes) is 3. The number of rotatable bonds is 10. The van der Waals surface area contributed by atoms with Gasteiger partial charge < -0.3 is 19.9 Å². The summed E-state index contributed by atoms with van der Waals surface area (Å²) < 4.78 is 5.11. The lowest BCUT2D eigenvalue weighted by atomic mass is 10.0. The van der Waals surface area contributed by atoms with E-state index < -0.39 is 5.54 Å². The van der Waals surface area contributed by atoms with Crippen molar-refractivity contribution in [2.75, 3.05) is 55.7 Å². The van der Waals surface area contributed by atoms with Gasteiger partial charge in [-0.1, -0.05) is 18.9 Å². The van der Waals surface area contributed by atoms with Crippen LogP contribution in [-0.4, -0.2) is 88.8 Å². The fraction of sp³-hybridized carbons (Fsp3) is 0.484. The summed E-state index contributed by atoms with van der Waals surface area (Å²) in [7, 11) is 0. The first-order valence-electron chi connectivity index (χ1n) is 14.6. The quantitative estimate of drug-likeness (QED) is 0.170. The highest BCUT2D eigenvalue weighted by Gasteiger charge is 2.49. The van der Waals surface area contributed by atoms with E-state index in [4.69, 9.17) is 17.0 Å². The van der Waals surface area contributed by atoms with Crippen LogP contribution in [0.4, 0.5) is 16.2 Å². The summed E-state index contributed by atoms with van der Waals surface area (Å²) in [6.07, 6.45) is 6.23. The number of urea groups is 1. The van der Waals surface area contributed by atoms with Gasteiger partial charge >= 0.3 is 12.0 Å². The largest absolute Gasteiger partial charge is 0.457 e. The molecule has 0 bridgehead atoms. The van der Waals surface area contributed by atoms with E-state index in [9.17, 15) is 14.4 Å². The zero-order valence-electron chi connectivity index (χ0n) is 24.6. The maximum Gasteiger partial charge on any atom is 0.338 e. The molecular formula is C31H39N5O4S2. The van der Waals surface area contributed by atoms with Gasteiger partial charge in [0.2, 0.25) is 0 Å². The Morgan fingerprint density at radius 1 is 1.00 bits per heavy atom. The number of hydrogen-bond donors (Lipinski definition) is 1. The van der Waals surface area contributed by atoms with E-state index in [0.717, 1.165) is 74.6 Å². The summed E-state index contributed by atoms with van der Waals surface area (Å²) in [5, 5.41) is 3.53. The predicted molar refractivity (Wildman–Crippen MR) is 170 cm³/mol. The molecule has 1 N–H and O–H groups in total. The average molecular weight is 610 g/mol. The van der Waals surface area contributed by atoms with Gasteiger partial charge in [0.05, 0.1) is 11.3 Å². The molecule has 42 heavy (non-hydrogen) atoms. The van der Waals surface area contributed by atoms with Gasteiger partial charge in [0.1, 0.15) is 12.1 Å². The van der Waals surface area contributed by atoms with E-state index in [-0.39, 0.29) is 24.5 Å². The van der Waals surface area contributed by atoms with Crippen LogP contribution in [0.3, 0.4) is 0 Å². The number of carbonyl (C=O) groups is 3. The molecule has 9 nitrogen and oxygen atoms in total. The van der Waals surface area contributed by atoms with E-state index in [0.29, 0.717) is 22.9 Å². The molecule has 0 aliphatic carbocycles. The fourth-order valence-electron chi connectivity index (χ4n) is 5.73. The van der Waals surface area contributed by atoms with Crippen LogP contribution in [-0.2, 0) is 16.1 Å². The second-order valence-electron chi connectivity index (χ2n) is 11.5. The number of nitrogens with one attached hydrogen (secondary N) is 1. The SMILES string of the molecule is CSc1cccc(NC(=O)N2CCN(CCCCCCN3C(=S)N(c4ccc5c(c4)COC5=O)C(=O)C3(C)C)CC2)c1. The van der Waals surface area contributed by atoms with Crippen molar-refractivity contribution < 1.29 is 19.1 Å². The van der Waals surface area contributed by atoms with Crippen LogP contribution >= 0.6 is 24.0 Å². The number of benzene rings is 2. The van der Waals surface area contributed by atoms with Gasteiger partial charge in [-0.3, -0.25) is 14.6 Å². The lowest BCUT2D eigenvalue weighted by Gasteiger charge is -2.34. The summed E-state index contributed by atoms with van der Waals surface area (Å²) >= 11 is 7.44. The highest BCUT2D eigenvalue weighted by molar-refractivity contribution is 7.98. The highest BCUT2D eigenvalue weighted by atomic mass is 32.2. The molecular weight excluding hydrogens is 571 g/mol. The molecule has 5 rings (SSSR count). The van der Waals surface area contributed by atoms with Crippen molar-refractivity contribution >= 4 is 58.4 Å². The Morgan fingerprint density at radius 3 is 2.48 bits per heavy atom. The number of ether oxygens (including phenoxy) is 1. The standard InChI is InChI=1S/C31H39N5O4S2/c1-31(2)28(38)36(24-11-12-26-22(19-24)21-40-27(26)37)30(41)35(31)14-7-5-4-6-13-33-15-17-34(18-16-33)29(39)32-23-9-8-10-25(20-23)42-3/h8-12,19-20H,4-7,13-18,21H2,1-3H3,(H,32,39). The molecule has 2 aromatic rings. The molecule has 224 valence electrons. The molecule has 3 heterocycles. The zero-order chi connectivity index (χ0) is 29.9. The Balaban J connectivity index is 1.02. The van der Waals surface area contributed by atoms with Crippen LogP contribution in [0.25, 0.3) is 0 Å². The molecule has 3 amide bonds. The van der Waals surface area contributed by atoms with E-state index in [1.165, 1.54) is 0 Å². The molecule has 3 aliphatic heterocycles. The Labute approximate surface area is 257 Å². The molecule has 0 radical (unpaired) electrons. The van der Waals surface area contributed by atoms with Crippen molar-refractivity contribution in [3.05, 3.63) is 53.6 Å². The minimum absolute atomic E-state index is 0.0343. The maximum absolute atomic E-state index is 13.4. The van der Waals surface area contributed by atoms with E-state index >= 15 is 0 Å². The van der Waals surface area contributed by atoms with Gasteiger partial charge in [0.15, 0.2) is 5.11 Å². The number of cyclic esters (lactones) is 1. The third kappa shape index (κ3) is 6.43. The Hall–Kier alpha value is -3.15. The second kappa shape index (κ2) is 13.0. The van der Waals surface area contributed by atoms with Crippen molar-refractivity contribution in [1.29, 1.82) is 0 Å². The highest BCUT2D eigenvalue weighted by Crippen LogP contribution is 2.34. The number of hydrogen-bond acceptors (Lipinski definition) is 7. The topological polar surface area (TPSA) is 85.4 Å². The van der Waals surface area contributed by atoms with Crippen molar-refractivity contribution in [2.45, 2.75) is 56.6 Å². The summed E-state index contributed by atoms with van der Waals surface area (Å²) in [5.74, 6) is -0.383. The number of carbonyl (C=O) groups excluding carboxylic acids is 3. The first-order chi connectivity index (χ1) is 20.2. The van der Waals surface area contributed by atoms with Crippen LogP contribution in [0.1, 0.15) is 55.5 Å². The van der Waals surface area contributed by atoms with Crippen molar-refractivity contribution in [2.24, 2.45) is 0 Å². The Morgan fingerprint density at radius 2 is 1.74 bits per heavy atom. The number of fused-ring (bicyclic) bond motifs is 1. The van der Waals surface area contributed by atoms with Crippen LogP contribution < -0.4 is 10.2 Å². The molecule has 11 heteroatoms. The van der Waals surface area contributed by atoms with Crippen LogP contribution in [0.5, 0.6) is 0 Å². The molecule has 0 saturated carbocycles. The van der Waals surface area contributed by atoms with Gasteiger partial charge in [-0.25, -0.2) is 9.59 Å². The summed E-state index contributed by atoms with van der Waals surface area (Å²) in [5.41, 5.74) is 2.12. The number of nitrogens with zero attached hydrogens (tertiary/aromatic N) is 4. The second-order valence-corrected chi connectivity index (χ2v) is 12.7. The molecule has 0 aromatic heterocycles. The molecule has 0 unspecified atom stereocenters. The van der Waals surface area contributed by atoms with Crippen LogP contribution in [0.2, 0.25) is 0 Å². The number of esters is 1. The molecule has 2 fully saturated rings. The normalized spacial score (nSPS) is 18.5. The third-order valence-corrected chi connectivity index (χ3v) is 9.46. The maximum atomic E-state index is 13.4. The minimum atomic E-state index is -0.730. The number of anilines is 2. The number of amides is 3. The number of thioether (sulfide) groups is 1. The Bertz CT molecular complexity index is 1360. The molecule has 3 aliphatic rings. The third-order valence-electron chi connectivity index (χ3n) is 8.34. The van der Waals surface area contributed by atoms with Gasteiger partial charge in [-0.05, 0) is 88.1 Å².